The lowest BCUT2D eigenvalue weighted by atomic mass is 9.70. The Balaban J connectivity index is 1.10. The first kappa shape index (κ1) is 31.0. The van der Waals surface area contributed by atoms with Crippen LogP contribution in [-0.4, -0.2) is 14.5 Å². The second kappa shape index (κ2) is 11.8. The zero-order valence-corrected chi connectivity index (χ0v) is 30.4. The molecule has 8 aromatic carbocycles. The number of nitrogens with zero attached hydrogens (tertiary/aromatic N) is 3. The van der Waals surface area contributed by atoms with Crippen molar-refractivity contribution in [1.82, 2.24) is 14.5 Å². The Morgan fingerprint density at radius 2 is 0.857 bits per heavy atom. The fraction of sp³-hybridized carbons (Fsp3) is 0.0189. The van der Waals surface area contributed by atoms with Crippen molar-refractivity contribution in [1.29, 1.82) is 0 Å². The van der Waals surface area contributed by atoms with E-state index in [2.05, 4.69) is 199 Å². The Kier molecular flexibility index (Phi) is 6.55. The molecule has 0 amide bonds. The van der Waals surface area contributed by atoms with E-state index >= 15 is 0 Å². The zero-order chi connectivity index (χ0) is 36.8. The van der Waals surface area contributed by atoms with Crippen LogP contribution in [0.1, 0.15) is 22.3 Å². The van der Waals surface area contributed by atoms with Crippen molar-refractivity contribution in [2.24, 2.45) is 0 Å². The molecule has 10 aromatic rings. The second-order valence-corrected chi connectivity index (χ2v) is 14.9. The van der Waals surface area contributed by atoms with Crippen molar-refractivity contribution in [3.8, 4) is 61.8 Å². The van der Waals surface area contributed by atoms with Gasteiger partial charge < -0.3 is 4.57 Å². The van der Waals surface area contributed by atoms with Crippen LogP contribution in [0.4, 0.5) is 0 Å². The third kappa shape index (κ3) is 4.22. The minimum atomic E-state index is -0.427. The van der Waals surface area contributed by atoms with E-state index in [9.17, 15) is 0 Å². The van der Waals surface area contributed by atoms with Gasteiger partial charge in [0.1, 0.15) is 0 Å². The Bertz CT molecular complexity index is 3110. The Hall–Kier alpha value is -7.36. The lowest BCUT2D eigenvalue weighted by Gasteiger charge is -2.30. The second-order valence-electron chi connectivity index (χ2n) is 14.9. The molecule has 0 saturated carbocycles. The van der Waals surface area contributed by atoms with E-state index in [1.54, 1.807) is 0 Å². The van der Waals surface area contributed by atoms with Crippen molar-refractivity contribution in [3.63, 3.8) is 0 Å². The maximum atomic E-state index is 5.39. The first-order chi connectivity index (χ1) is 27.8. The smallest absolute Gasteiger partial charge is 0.160 e. The van der Waals surface area contributed by atoms with Gasteiger partial charge in [-0.2, -0.15) is 0 Å². The molecule has 0 bridgehead atoms. The Morgan fingerprint density at radius 1 is 0.357 bits per heavy atom. The molecule has 0 N–H and O–H groups in total. The molecule has 0 fully saturated rings. The monoisotopic (exact) mass is 711 g/mol. The van der Waals surface area contributed by atoms with Crippen LogP contribution in [-0.2, 0) is 5.41 Å². The number of benzene rings is 8. The van der Waals surface area contributed by atoms with Crippen molar-refractivity contribution >= 4 is 21.8 Å². The van der Waals surface area contributed by atoms with Gasteiger partial charge in [0.05, 0.1) is 27.8 Å². The number of hydrogen-bond acceptors (Lipinski definition) is 2. The van der Waals surface area contributed by atoms with Gasteiger partial charge in [0, 0.05) is 33.2 Å². The average molecular weight is 712 g/mol. The summed E-state index contributed by atoms with van der Waals surface area (Å²) in [7, 11) is 0. The molecule has 0 unspecified atom stereocenters. The average Bonchev–Trinajstić information content (AvgIpc) is 3.89. The summed E-state index contributed by atoms with van der Waals surface area (Å²) in [6, 6.07) is 72.4. The molecule has 2 aliphatic carbocycles. The summed E-state index contributed by atoms with van der Waals surface area (Å²) in [6.07, 6.45) is 0. The van der Waals surface area contributed by atoms with E-state index in [4.69, 9.17) is 9.97 Å². The summed E-state index contributed by atoms with van der Waals surface area (Å²) in [4.78, 5) is 10.7. The van der Waals surface area contributed by atoms with Crippen molar-refractivity contribution < 1.29 is 0 Å². The SMILES string of the molecule is c1ccc(-c2nc(-c3cccc(-n4c5ccccc5c5ccccc54)c3)cc(-c3cccc4c3-c3ccccc3C43c4ccccc4-c4ccccc43)n2)cc1. The van der Waals surface area contributed by atoms with Gasteiger partial charge in [0.15, 0.2) is 5.82 Å². The normalized spacial score (nSPS) is 13.1. The molecule has 2 aliphatic rings. The van der Waals surface area contributed by atoms with Gasteiger partial charge in [-0.15, -0.1) is 0 Å². The zero-order valence-electron chi connectivity index (χ0n) is 30.4. The van der Waals surface area contributed by atoms with Crippen LogP contribution in [0.15, 0.2) is 200 Å². The molecule has 56 heavy (non-hydrogen) atoms. The van der Waals surface area contributed by atoms with E-state index in [1.165, 1.54) is 66.3 Å². The fourth-order valence-corrected chi connectivity index (χ4v) is 9.81. The molecule has 12 rings (SSSR count). The number of rotatable bonds is 4. The van der Waals surface area contributed by atoms with Crippen LogP contribution in [0.2, 0.25) is 0 Å². The van der Waals surface area contributed by atoms with Gasteiger partial charge in [0.25, 0.3) is 0 Å². The topological polar surface area (TPSA) is 30.7 Å². The maximum Gasteiger partial charge on any atom is 0.160 e. The van der Waals surface area contributed by atoms with Crippen LogP contribution in [0, 0.1) is 0 Å². The Morgan fingerprint density at radius 3 is 1.55 bits per heavy atom. The summed E-state index contributed by atoms with van der Waals surface area (Å²) in [5.41, 5.74) is 18.3. The summed E-state index contributed by atoms with van der Waals surface area (Å²) in [6.45, 7) is 0. The number of aromatic nitrogens is 3. The molecule has 3 nitrogen and oxygen atoms in total. The third-order valence-electron chi connectivity index (χ3n) is 12.0. The molecule has 0 aliphatic heterocycles. The van der Waals surface area contributed by atoms with Gasteiger partial charge in [-0.1, -0.05) is 170 Å². The van der Waals surface area contributed by atoms with Gasteiger partial charge in [-0.3, -0.25) is 0 Å². The number of fused-ring (bicyclic) bond motifs is 13. The van der Waals surface area contributed by atoms with Crippen molar-refractivity contribution in [2.45, 2.75) is 5.41 Å². The molecule has 2 heterocycles. The predicted octanol–water partition coefficient (Wildman–Crippen LogP) is 12.9. The summed E-state index contributed by atoms with van der Waals surface area (Å²) < 4.78 is 2.37. The molecule has 3 heteroatoms. The summed E-state index contributed by atoms with van der Waals surface area (Å²) in [5.74, 6) is 0.704. The molecule has 2 aromatic heterocycles. The highest BCUT2D eigenvalue weighted by atomic mass is 15.0. The molecule has 260 valence electrons. The highest BCUT2D eigenvalue weighted by Gasteiger charge is 2.52. The summed E-state index contributed by atoms with van der Waals surface area (Å²) in [5, 5.41) is 2.49. The standard InChI is InChI=1S/C53H33N3/c1-2-16-34(17-3-1)52-54-47(35-18-14-19-36(32-35)56-49-30-12-7-22-39(49)40-23-8-13-31-50(40)56)33-48(55-52)42-25-15-29-46-51(42)41-24-6-11-28-45(41)53(46)43-26-9-4-20-37(43)38-21-5-10-27-44(38)53/h1-33H. The largest absolute Gasteiger partial charge is 0.309 e. The minimum Gasteiger partial charge on any atom is -0.309 e. The molecule has 0 saturated heterocycles. The molecular formula is C53H33N3. The number of hydrogen-bond donors (Lipinski definition) is 0. The van der Waals surface area contributed by atoms with Crippen molar-refractivity contribution in [2.75, 3.05) is 0 Å². The minimum absolute atomic E-state index is 0.427. The van der Waals surface area contributed by atoms with Gasteiger partial charge in [-0.05, 0) is 74.8 Å². The fourth-order valence-electron chi connectivity index (χ4n) is 9.81. The van der Waals surface area contributed by atoms with Gasteiger partial charge in [0.2, 0.25) is 0 Å². The van der Waals surface area contributed by atoms with Crippen LogP contribution < -0.4 is 0 Å². The molecular weight excluding hydrogens is 679 g/mol. The number of para-hydroxylation sites is 2. The van der Waals surface area contributed by atoms with Crippen LogP contribution in [0.5, 0.6) is 0 Å². The van der Waals surface area contributed by atoms with E-state index < -0.39 is 5.41 Å². The molecule has 1 spiro atoms. The third-order valence-corrected chi connectivity index (χ3v) is 12.0. The van der Waals surface area contributed by atoms with Crippen LogP contribution in [0.25, 0.3) is 83.6 Å². The molecule has 0 radical (unpaired) electrons. The van der Waals surface area contributed by atoms with Gasteiger partial charge >= 0.3 is 0 Å². The van der Waals surface area contributed by atoms with E-state index in [1.807, 2.05) is 6.07 Å². The van der Waals surface area contributed by atoms with Crippen LogP contribution in [0.3, 0.4) is 0 Å². The maximum absolute atomic E-state index is 5.39. The Labute approximate surface area is 324 Å². The predicted molar refractivity (Wildman–Crippen MR) is 229 cm³/mol. The quantitative estimate of drug-likeness (QED) is 0.182. The first-order valence-corrected chi connectivity index (χ1v) is 19.3. The first-order valence-electron chi connectivity index (χ1n) is 19.3. The molecule has 0 atom stereocenters. The van der Waals surface area contributed by atoms with Crippen LogP contribution >= 0.6 is 0 Å². The summed E-state index contributed by atoms with van der Waals surface area (Å²) >= 11 is 0. The van der Waals surface area contributed by atoms with Crippen molar-refractivity contribution in [3.05, 3.63) is 222 Å². The van der Waals surface area contributed by atoms with Gasteiger partial charge in [-0.25, -0.2) is 9.97 Å². The highest BCUT2D eigenvalue weighted by Crippen LogP contribution is 2.63. The van der Waals surface area contributed by atoms with E-state index in [-0.39, 0.29) is 0 Å². The lowest BCUT2D eigenvalue weighted by Crippen LogP contribution is -2.25. The lowest BCUT2D eigenvalue weighted by molar-refractivity contribution is 0.794. The highest BCUT2D eigenvalue weighted by molar-refractivity contribution is 6.09. The van der Waals surface area contributed by atoms with E-state index in [0.29, 0.717) is 5.82 Å². The van der Waals surface area contributed by atoms with E-state index in [0.717, 1.165) is 33.8 Å².